The summed E-state index contributed by atoms with van der Waals surface area (Å²) in [5.41, 5.74) is 0. The molecule has 2 atom stereocenters. The maximum Gasteiger partial charge on any atom is 0.361 e. The molecule has 83 heavy (non-hydrogen) atoms. The number of likely N-dealkylation sites (N-methyl/N-ethyl adjacent to an activating group) is 1. The number of carboxylic acids is 1. The number of nitrogens with zero attached hydrogens (tertiary/aromatic N) is 1. The molecule has 0 saturated heterocycles. The van der Waals surface area contributed by atoms with Gasteiger partial charge in [-0.25, -0.2) is 4.79 Å². The van der Waals surface area contributed by atoms with Crippen molar-refractivity contribution >= 4 is 17.9 Å². The van der Waals surface area contributed by atoms with Crippen molar-refractivity contribution in [2.75, 3.05) is 47.5 Å². The molecule has 0 radical (unpaired) electrons. The van der Waals surface area contributed by atoms with Crippen LogP contribution in [0.3, 0.4) is 0 Å². The van der Waals surface area contributed by atoms with E-state index in [0.29, 0.717) is 23.9 Å². The molecule has 0 spiro atoms. The van der Waals surface area contributed by atoms with Crippen molar-refractivity contribution in [3.05, 3.63) is 122 Å². The second kappa shape index (κ2) is 63.7. The summed E-state index contributed by atoms with van der Waals surface area (Å²) >= 11 is 0. The molecule has 0 fully saturated rings. The van der Waals surface area contributed by atoms with Crippen LogP contribution in [0.5, 0.6) is 0 Å². The fourth-order valence-corrected chi connectivity index (χ4v) is 9.06. The smallest absolute Gasteiger partial charge is 0.361 e. The molecule has 0 amide bonds. The highest BCUT2D eigenvalue weighted by molar-refractivity contribution is 5.71. The van der Waals surface area contributed by atoms with Gasteiger partial charge in [-0.05, 0) is 109 Å². The van der Waals surface area contributed by atoms with Crippen LogP contribution >= 0.6 is 0 Å². The fourth-order valence-electron chi connectivity index (χ4n) is 9.06. The number of hydrogen-bond acceptors (Lipinski definition) is 7. The predicted molar refractivity (Wildman–Crippen MR) is 354 cm³/mol. The first kappa shape index (κ1) is 78.7. The summed E-state index contributed by atoms with van der Waals surface area (Å²) < 4.78 is 23.0. The highest BCUT2D eigenvalue weighted by Crippen LogP contribution is 2.16. The van der Waals surface area contributed by atoms with E-state index in [4.69, 9.17) is 18.9 Å². The third-order valence-electron chi connectivity index (χ3n) is 14.2. The van der Waals surface area contributed by atoms with Crippen LogP contribution in [0.4, 0.5) is 0 Å². The molecule has 2 unspecified atom stereocenters. The van der Waals surface area contributed by atoms with Crippen molar-refractivity contribution in [1.29, 1.82) is 0 Å². The zero-order valence-electron chi connectivity index (χ0n) is 54.1. The van der Waals surface area contributed by atoms with Crippen LogP contribution in [0, 0.1) is 0 Å². The van der Waals surface area contributed by atoms with Crippen molar-refractivity contribution < 1.29 is 42.9 Å². The number of carbonyl (C=O) groups is 3. The summed E-state index contributed by atoms with van der Waals surface area (Å²) in [6, 6.07) is 0. The number of hydrogen-bond donors (Lipinski definition) is 1. The number of unbranched alkanes of at least 4 members (excludes halogenated alkanes) is 26. The van der Waals surface area contributed by atoms with Gasteiger partial charge in [-0.3, -0.25) is 9.59 Å². The number of ether oxygens (including phenoxy) is 4. The number of allylic oxidation sites excluding steroid dienone is 20. The summed E-state index contributed by atoms with van der Waals surface area (Å²) in [5, 5.41) is 9.74. The minimum atomic E-state index is -1.52. The number of quaternary nitrogens is 1. The van der Waals surface area contributed by atoms with Crippen molar-refractivity contribution in [3.8, 4) is 0 Å². The van der Waals surface area contributed by atoms with Crippen molar-refractivity contribution in [2.45, 2.75) is 283 Å². The maximum absolute atomic E-state index is 12.9. The van der Waals surface area contributed by atoms with E-state index in [1.807, 2.05) is 21.1 Å². The Morgan fingerprint density at radius 3 is 1.02 bits per heavy atom. The van der Waals surface area contributed by atoms with Crippen LogP contribution < -0.4 is 0 Å². The van der Waals surface area contributed by atoms with E-state index in [9.17, 15) is 19.5 Å². The minimum absolute atomic E-state index is 0.181. The molecule has 0 aromatic heterocycles. The molecule has 9 heteroatoms. The molecule has 0 aromatic carbocycles. The normalized spacial score (nSPS) is 13.5. The molecule has 474 valence electrons. The van der Waals surface area contributed by atoms with E-state index in [0.717, 1.165) is 103 Å². The first-order valence-corrected chi connectivity index (χ1v) is 33.7. The third kappa shape index (κ3) is 65.1. The lowest BCUT2D eigenvalue weighted by Gasteiger charge is -2.25. The molecular formula is C74H126NO8+. The lowest BCUT2D eigenvalue weighted by molar-refractivity contribution is -0.870. The minimum Gasteiger partial charge on any atom is -0.477 e. The van der Waals surface area contributed by atoms with E-state index in [1.54, 1.807) is 0 Å². The van der Waals surface area contributed by atoms with Gasteiger partial charge in [0.1, 0.15) is 13.2 Å². The maximum atomic E-state index is 12.9. The zero-order valence-corrected chi connectivity index (χ0v) is 54.1. The standard InChI is InChI=1S/C74H125NO8/c1-6-8-10-12-14-16-18-20-22-24-26-28-30-32-33-34-35-36-37-38-39-41-43-45-47-49-51-53-55-57-59-61-63-65-72(77)83-70(69-82-74(73(78)79)80-67-66-75(3,4)5)68-81-71(76)64-62-60-58-56-54-52-50-48-46-44-42-40-31-29-27-25-23-21-19-17-15-13-11-9-7-2/h8,10,14,16,19-22,25-28,31-33,35-36,38-40,70,74H,6-7,9,11-13,15,17-18,23-24,29-30,34,37,41-69H2,1-5H3/p+1/b10-8-,16-14-,21-19-,22-20-,27-25-,28-26-,33-32-,36-35-,39-38-,40-31-. The second-order valence-corrected chi connectivity index (χ2v) is 23.4. The van der Waals surface area contributed by atoms with Crippen molar-refractivity contribution in [2.24, 2.45) is 0 Å². The van der Waals surface area contributed by atoms with Gasteiger partial charge in [-0.1, -0.05) is 270 Å². The van der Waals surface area contributed by atoms with Gasteiger partial charge in [0.2, 0.25) is 0 Å². The third-order valence-corrected chi connectivity index (χ3v) is 14.2. The first-order valence-electron chi connectivity index (χ1n) is 33.7. The van der Waals surface area contributed by atoms with Gasteiger partial charge in [0.25, 0.3) is 6.29 Å². The quantitative estimate of drug-likeness (QED) is 0.0211. The van der Waals surface area contributed by atoms with Gasteiger partial charge in [-0.15, -0.1) is 0 Å². The zero-order chi connectivity index (χ0) is 60.5. The molecule has 1 N–H and O–H groups in total. The van der Waals surface area contributed by atoms with Gasteiger partial charge in [0.15, 0.2) is 6.10 Å². The van der Waals surface area contributed by atoms with Crippen LogP contribution in [-0.4, -0.2) is 87.4 Å². The molecule has 0 aliphatic heterocycles. The summed E-state index contributed by atoms with van der Waals surface area (Å²) in [5.74, 6) is -2.02. The van der Waals surface area contributed by atoms with Crippen molar-refractivity contribution in [1.82, 2.24) is 0 Å². The van der Waals surface area contributed by atoms with E-state index >= 15 is 0 Å². The highest BCUT2D eigenvalue weighted by Gasteiger charge is 2.25. The molecule has 0 heterocycles. The Labute approximate surface area is 510 Å². The molecule has 0 rings (SSSR count). The van der Waals surface area contributed by atoms with E-state index in [2.05, 4.69) is 135 Å². The average molecular weight is 1160 g/mol. The Bertz CT molecular complexity index is 1780. The molecular weight excluding hydrogens is 1030 g/mol. The van der Waals surface area contributed by atoms with Crippen LogP contribution in [-0.2, 0) is 33.3 Å². The average Bonchev–Trinajstić information content (AvgIpc) is 3.46. The fraction of sp³-hybridized carbons (Fsp3) is 0.689. The number of carboxylic acid groups (broad SMARTS) is 1. The molecule has 0 aliphatic carbocycles. The molecule has 0 bridgehead atoms. The lowest BCUT2D eigenvalue weighted by Crippen LogP contribution is -2.40. The second-order valence-electron chi connectivity index (χ2n) is 23.4. The van der Waals surface area contributed by atoms with E-state index in [-0.39, 0.29) is 32.2 Å². The SMILES string of the molecule is CC/C=C\C/C=C\C/C=C\C/C=C\C/C=C\C/C=C\C/C=C\CCCCCCCCCCCCCC(=O)OC(COC(=O)CCCCCCCCCCCC/C=C\C/C=C\C/C=C\CCCCCCC)COC(OCC[N+](C)(C)C)C(=O)O. The van der Waals surface area contributed by atoms with E-state index < -0.39 is 24.3 Å². The monoisotopic (exact) mass is 1160 g/mol. The number of carbonyl (C=O) groups excluding carboxylic acids is 2. The molecule has 0 aliphatic rings. The van der Waals surface area contributed by atoms with Gasteiger partial charge >= 0.3 is 17.9 Å². The number of aliphatic carboxylic acids is 1. The van der Waals surface area contributed by atoms with Crippen LogP contribution in [0.1, 0.15) is 271 Å². The number of rotatable bonds is 61. The largest absolute Gasteiger partial charge is 0.477 e. The van der Waals surface area contributed by atoms with Crippen LogP contribution in [0.2, 0.25) is 0 Å². The summed E-state index contributed by atoms with van der Waals surface area (Å²) in [6.45, 7) is 4.75. The Hall–Kier alpha value is -4.31. The molecule has 9 nitrogen and oxygen atoms in total. The predicted octanol–water partition coefficient (Wildman–Crippen LogP) is 20.8. The van der Waals surface area contributed by atoms with Crippen LogP contribution in [0.15, 0.2) is 122 Å². The van der Waals surface area contributed by atoms with Gasteiger partial charge < -0.3 is 28.5 Å². The highest BCUT2D eigenvalue weighted by atomic mass is 16.7. The Morgan fingerprint density at radius 1 is 0.373 bits per heavy atom. The van der Waals surface area contributed by atoms with Gasteiger partial charge in [0.05, 0.1) is 34.4 Å². The molecule has 0 saturated carbocycles. The van der Waals surface area contributed by atoms with Gasteiger partial charge in [-0.2, -0.15) is 0 Å². The molecule has 0 aromatic rings. The Balaban J connectivity index is 4.19. The lowest BCUT2D eigenvalue weighted by atomic mass is 10.0. The Morgan fingerprint density at radius 2 is 0.687 bits per heavy atom. The van der Waals surface area contributed by atoms with Crippen molar-refractivity contribution in [3.63, 3.8) is 0 Å². The topological polar surface area (TPSA) is 108 Å². The van der Waals surface area contributed by atoms with Gasteiger partial charge in [0, 0.05) is 12.8 Å². The Kier molecular flexibility index (Phi) is 60.4. The first-order chi connectivity index (χ1) is 40.6. The van der Waals surface area contributed by atoms with E-state index in [1.165, 1.54) is 135 Å². The summed E-state index contributed by atoms with van der Waals surface area (Å²) in [4.78, 5) is 37.6. The summed E-state index contributed by atoms with van der Waals surface area (Å²) in [6.07, 6.45) is 87.2. The summed E-state index contributed by atoms with van der Waals surface area (Å²) in [7, 11) is 5.97. The van der Waals surface area contributed by atoms with Crippen LogP contribution in [0.25, 0.3) is 0 Å². The number of esters is 2.